The molecule has 4 heteroatoms. The van der Waals surface area contributed by atoms with Gasteiger partial charge in [0.25, 0.3) is 0 Å². The predicted octanol–water partition coefficient (Wildman–Crippen LogP) is 2.82. The van der Waals surface area contributed by atoms with Crippen LogP contribution in [0.1, 0.15) is 16.7 Å². The largest absolute Gasteiger partial charge is 0.353 e. The Hall–Kier alpha value is -1.29. The van der Waals surface area contributed by atoms with Gasteiger partial charge < -0.3 is 10.3 Å². The Morgan fingerprint density at radius 2 is 2.40 bits per heavy atom. The van der Waals surface area contributed by atoms with Crippen LogP contribution in [0.4, 0.5) is 5.95 Å². The van der Waals surface area contributed by atoms with Crippen LogP contribution in [0.5, 0.6) is 0 Å². The first-order valence-electron chi connectivity index (χ1n) is 5.05. The normalized spacial score (nSPS) is 12.7. The second-order valence-electron chi connectivity index (χ2n) is 3.70. The summed E-state index contributed by atoms with van der Waals surface area (Å²) in [6.45, 7) is 4.30. The average molecular weight is 221 g/mol. The number of aromatic nitrogens is 2. The SMILES string of the molecule is Cc1ccc(CC(C)Nc2ncc[nH]2)s1. The van der Waals surface area contributed by atoms with Crippen molar-refractivity contribution in [3.63, 3.8) is 0 Å². The van der Waals surface area contributed by atoms with E-state index in [-0.39, 0.29) is 0 Å². The van der Waals surface area contributed by atoms with Crippen LogP contribution in [0, 0.1) is 6.92 Å². The molecule has 80 valence electrons. The number of nitrogens with one attached hydrogen (secondary N) is 2. The van der Waals surface area contributed by atoms with Crippen LogP contribution in [0.15, 0.2) is 24.5 Å². The Morgan fingerprint density at radius 1 is 1.53 bits per heavy atom. The lowest BCUT2D eigenvalue weighted by atomic mass is 10.2. The van der Waals surface area contributed by atoms with Gasteiger partial charge >= 0.3 is 0 Å². The minimum absolute atomic E-state index is 0.397. The number of H-pyrrole nitrogens is 1. The molecule has 0 aliphatic rings. The highest BCUT2D eigenvalue weighted by molar-refractivity contribution is 7.11. The van der Waals surface area contributed by atoms with Gasteiger partial charge in [0.2, 0.25) is 0 Å². The van der Waals surface area contributed by atoms with Gasteiger partial charge in [0, 0.05) is 34.6 Å². The maximum atomic E-state index is 4.14. The van der Waals surface area contributed by atoms with Crippen LogP contribution in [-0.4, -0.2) is 16.0 Å². The molecule has 0 spiro atoms. The van der Waals surface area contributed by atoms with E-state index < -0.39 is 0 Å². The van der Waals surface area contributed by atoms with Gasteiger partial charge in [-0.25, -0.2) is 4.98 Å². The van der Waals surface area contributed by atoms with Crippen molar-refractivity contribution in [3.05, 3.63) is 34.3 Å². The van der Waals surface area contributed by atoms with Crippen molar-refractivity contribution in [1.82, 2.24) is 9.97 Å². The van der Waals surface area contributed by atoms with Crippen LogP contribution >= 0.6 is 11.3 Å². The second-order valence-corrected chi connectivity index (χ2v) is 5.07. The third kappa shape index (κ3) is 2.83. The van der Waals surface area contributed by atoms with E-state index in [1.54, 1.807) is 6.20 Å². The maximum Gasteiger partial charge on any atom is 0.200 e. The molecule has 0 aliphatic heterocycles. The highest BCUT2D eigenvalue weighted by atomic mass is 32.1. The van der Waals surface area contributed by atoms with Crippen molar-refractivity contribution < 1.29 is 0 Å². The molecule has 0 bridgehead atoms. The molecule has 0 saturated carbocycles. The van der Waals surface area contributed by atoms with Gasteiger partial charge in [-0.15, -0.1) is 11.3 Å². The zero-order valence-electron chi connectivity index (χ0n) is 8.95. The number of hydrogen-bond acceptors (Lipinski definition) is 3. The minimum Gasteiger partial charge on any atom is -0.353 e. The predicted molar refractivity (Wildman–Crippen MR) is 64.4 cm³/mol. The summed E-state index contributed by atoms with van der Waals surface area (Å²) in [6.07, 6.45) is 4.62. The monoisotopic (exact) mass is 221 g/mol. The topological polar surface area (TPSA) is 40.7 Å². The van der Waals surface area contributed by atoms with Crippen LogP contribution in [0.3, 0.4) is 0 Å². The third-order valence-electron chi connectivity index (χ3n) is 2.18. The fourth-order valence-corrected chi connectivity index (χ4v) is 2.54. The standard InChI is InChI=1S/C11H15N3S/c1-8(14-11-12-5-6-13-11)7-10-4-3-9(2)15-10/h3-6,8H,7H2,1-2H3,(H2,12,13,14). The first-order valence-corrected chi connectivity index (χ1v) is 5.87. The Balaban J connectivity index is 1.90. The van der Waals surface area contributed by atoms with E-state index in [9.17, 15) is 0 Å². The number of anilines is 1. The van der Waals surface area contributed by atoms with Crippen molar-refractivity contribution in [2.24, 2.45) is 0 Å². The first kappa shape index (κ1) is 10.2. The van der Waals surface area contributed by atoms with E-state index in [0.29, 0.717) is 6.04 Å². The number of thiophene rings is 1. The number of aryl methyl sites for hydroxylation is 1. The summed E-state index contributed by atoms with van der Waals surface area (Å²) < 4.78 is 0. The van der Waals surface area contributed by atoms with Gasteiger partial charge in [-0.2, -0.15) is 0 Å². The zero-order chi connectivity index (χ0) is 10.7. The fourth-order valence-electron chi connectivity index (χ4n) is 1.53. The summed E-state index contributed by atoms with van der Waals surface area (Å²) in [5, 5.41) is 3.32. The van der Waals surface area contributed by atoms with Crippen LogP contribution < -0.4 is 5.32 Å². The summed E-state index contributed by atoms with van der Waals surface area (Å²) in [5.74, 6) is 0.843. The molecule has 2 aromatic heterocycles. The number of rotatable bonds is 4. The molecule has 0 radical (unpaired) electrons. The Kier molecular flexibility index (Phi) is 3.06. The molecule has 0 aromatic carbocycles. The number of imidazole rings is 1. The molecular formula is C11H15N3S. The summed E-state index contributed by atoms with van der Waals surface area (Å²) in [5.41, 5.74) is 0. The number of hydrogen-bond donors (Lipinski definition) is 2. The first-order chi connectivity index (χ1) is 7.24. The van der Waals surface area contributed by atoms with E-state index in [4.69, 9.17) is 0 Å². The molecule has 0 amide bonds. The van der Waals surface area contributed by atoms with Gasteiger partial charge in [0.05, 0.1) is 0 Å². The van der Waals surface area contributed by atoms with E-state index >= 15 is 0 Å². The highest BCUT2D eigenvalue weighted by Crippen LogP contribution is 2.17. The van der Waals surface area contributed by atoms with Gasteiger partial charge in [0.1, 0.15) is 0 Å². The molecule has 3 nitrogen and oxygen atoms in total. The average Bonchev–Trinajstić information content (AvgIpc) is 2.77. The lowest BCUT2D eigenvalue weighted by molar-refractivity contribution is 0.790. The maximum absolute atomic E-state index is 4.14. The van der Waals surface area contributed by atoms with Crippen molar-refractivity contribution in [3.8, 4) is 0 Å². The Bertz CT molecular complexity index is 405. The second kappa shape index (κ2) is 4.49. The quantitative estimate of drug-likeness (QED) is 0.833. The summed E-state index contributed by atoms with van der Waals surface area (Å²) in [6, 6.07) is 4.76. The molecule has 0 saturated heterocycles. The van der Waals surface area contributed by atoms with E-state index in [1.165, 1.54) is 9.75 Å². The third-order valence-corrected chi connectivity index (χ3v) is 3.21. The van der Waals surface area contributed by atoms with Crippen LogP contribution in [0.2, 0.25) is 0 Å². The fraction of sp³-hybridized carbons (Fsp3) is 0.364. The molecule has 2 heterocycles. The zero-order valence-corrected chi connectivity index (χ0v) is 9.77. The number of nitrogens with zero attached hydrogens (tertiary/aromatic N) is 1. The molecule has 0 aliphatic carbocycles. The summed E-state index contributed by atoms with van der Waals surface area (Å²) >= 11 is 1.86. The van der Waals surface area contributed by atoms with Gasteiger partial charge in [-0.05, 0) is 26.0 Å². The lowest BCUT2D eigenvalue weighted by Gasteiger charge is -2.11. The van der Waals surface area contributed by atoms with Crippen LogP contribution in [-0.2, 0) is 6.42 Å². The van der Waals surface area contributed by atoms with E-state index in [2.05, 4.69) is 41.3 Å². The Labute approximate surface area is 93.6 Å². The Morgan fingerprint density at radius 3 is 3.00 bits per heavy atom. The number of aromatic amines is 1. The molecule has 2 rings (SSSR count). The smallest absolute Gasteiger partial charge is 0.200 e. The highest BCUT2D eigenvalue weighted by Gasteiger charge is 2.05. The van der Waals surface area contributed by atoms with Crippen molar-refractivity contribution >= 4 is 17.3 Å². The van der Waals surface area contributed by atoms with E-state index in [1.807, 2.05) is 17.5 Å². The minimum atomic E-state index is 0.397. The molecule has 1 atom stereocenters. The molecular weight excluding hydrogens is 206 g/mol. The van der Waals surface area contributed by atoms with Crippen molar-refractivity contribution in [2.75, 3.05) is 5.32 Å². The molecule has 2 N–H and O–H groups in total. The van der Waals surface area contributed by atoms with Crippen molar-refractivity contribution in [2.45, 2.75) is 26.3 Å². The molecule has 15 heavy (non-hydrogen) atoms. The van der Waals surface area contributed by atoms with Crippen molar-refractivity contribution in [1.29, 1.82) is 0 Å². The molecule has 0 fully saturated rings. The lowest BCUT2D eigenvalue weighted by Crippen LogP contribution is -2.18. The van der Waals surface area contributed by atoms with E-state index in [0.717, 1.165) is 12.4 Å². The van der Waals surface area contributed by atoms with Crippen LogP contribution in [0.25, 0.3) is 0 Å². The summed E-state index contributed by atoms with van der Waals surface area (Å²) in [4.78, 5) is 9.97. The van der Waals surface area contributed by atoms with Gasteiger partial charge in [-0.1, -0.05) is 0 Å². The van der Waals surface area contributed by atoms with Gasteiger partial charge in [0.15, 0.2) is 5.95 Å². The molecule has 1 unspecified atom stereocenters. The van der Waals surface area contributed by atoms with Gasteiger partial charge in [-0.3, -0.25) is 0 Å². The molecule has 2 aromatic rings. The summed E-state index contributed by atoms with van der Waals surface area (Å²) in [7, 11) is 0.